The molecule has 6 nitrogen and oxygen atoms in total. The Kier molecular flexibility index (Phi) is 6.87. The van der Waals surface area contributed by atoms with Gasteiger partial charge in [-0.2, -0.15) is 0 Å². The van der Waals surface area contributed by atoms with Crippen LogP contribution in [0.15, 0.2) is 41.5 Å². The van der Waals surface area contributed by atoms with Crippen molar-refractivity contribution in [1.82, 2.24) is 15.2 Å². The summed E-state index contributed by atoms with van der Waals surface area (Å²) in [5, 5.41) is 3.26. The van der Waals surface area contributed by atoms with Crippen molar-refractivity contribution in [2.75, 3.05) is 19.6 Å². The average Bonchev–Trinajstić information content (AvgIpc) is 3.15. The van der Waals surface area contributed by atoms with Gasteiger partial charge in [-0.15, -0.1) is 0 Å². The molecule has 150 valence electrons. The van der Waals surface area contributed by atoms with Gasteiger partial charge in [0.15, 0.2) is 5.96 Å². The highest BCUT2D eigenvalue weighted by Crippen LogP contribution is 2.23. The number of nitrogens with one attached hydrogen (secondary N) is 1. The van der Waals surface area contributed by atoms with Gasteiger partial charge in [-0.3, -0.25) is 4.90 Å². The van der Waals surface area contributed by atoms with Crippen LogP contribution >= 0.6 is 0 Å². The minimum atomic E-state index is 0.483. The fourth-order valence-corrected chi connectivity index (χ4v) is 3.50. The maximum absolute atomic E-state index is 6.05. The van der Waals surface area contributed by atoms with Crippen LogP contribution in [0.2, 0.25) is 0 Å². The van der Waals surface area contributed by atoms with Crippen molar-refractivity contribution in [2.45, 2.75) is 46.2 Å². The Morgan fingerprint density at radius 2 is 2.14 bits per heavy atom. The molecule has 0 radical (unpaired) electrons. The van der Waals surface area contributed by atoms with Crippen molar-refractivity contribution in [1.29, 1.82) is 0 Å². The van der Waals surface area contributed by atoms with Crippen LogP contribution in [0.3, 0.4) is 0 Å². The summed E-state index contributed by atoms with van der Waals surface area (Å²) in [6.07, 6.45) is 4.22. The Balaban J connectivity index is 1.54. The third-order valence-electron chi connectivity index (χ3n) is 5.36. The van der Waals surface area contributed by atoms with Crippen molar-refractivity contribution in [2.24, 2.45) is 10.7 Å². The second-order valence-electron chi connectivity index (χ2n) is 7.36. The monoisotopic (exact) mass is 381 g/mol. The van der Waals surface area contributed by atoms with Crippen LogP contribution < -0.4 is 15.8 Å². The van der Waals surface area contributed by atoms with E-state index in [2.05, 4.69) is 47.0 Å². The zero-order valence-corrected chi connectivity index (χ0v) is 17.1. The number of likely N-dealkylation sites (N-methyl/N-ethyl adjacent to an activating group) is 1. The molecule has 1 aliphatic rings. The average molecular weight is 382 g/mol. The van der Waals surface area contributed by atoms with Gasteiger partial charge in [-0.1, -0.05) is 13.0 Å². The summed E-state index contributed by atoms with van der Waals surface area (Å²) < 4.78 is 5.89. The van der Waals surface area contributed by atoms with Crippen LogP contribution in [0.4, 0.5) is 0 Å². The number of pyridine rings is 1. The number of nitrogens with zero attached hydrogens (tertiary/aromatic N) is 3. The smallest absolute Gasteiger partial charge is 0.219 e. The first-order valence-corrected chi connectivity index (χ1v) is 10.0. The van der Waals surface area contributed by atoms with Crippen molar-refractivity contribution in [3.63, 3.8) is 0 Å². The molecule has 0 saturated carbocycles. The maximum atomic E-state index is 6.05. The lowest BCUT2D eigenvalue weighted by atomic mass is 10.1. The third-order valence-corrected chi connectivity index (χ3v) is 5.36. The summed E-state index contributed by atoms with van der Waals surface area (Å²) in [5.41, 5.74) is 9.50. The van der Waals surface area contributed by atoms with E-state index in [4.69, 9.17) is 10.5 Å². The second-order valence-corrected chi connectivity index (χ2v) is 7.36. The summed E-state index contributed by atoms with van der Waals surface area (Å²) in [4.78, 5) is 11.2. The molecule has 1 atom stereocenters. The number of guanidine groups is 1. The molecule has 3 N–H and O–H groups in total. The Hall–Kier alpha value is -2.60. The van der Waals surface area contributed by atoms with E-state index in [9.17, 15) is 0 Å². The summed E-state index contributed by atoms with van der Waals surface area (Å²) in [7, 11) is 0. The van der Waals surface area contributed by atoms with E-state index < -0.39 is 0 Å². The highest BCUT2D eigenvalue weighted by Gasteiger charge is 2.22. The van der Waals surface area contributed by atoms with Gasteiger partial charge >= 0.3 is 0 Å². The number of aromatic nitrogens is 1. The number of rotatable bonds is 7. The quantitative estimate of drug-likeness (QED) is 0.568. The van der Waals surface area contributed by atoms with Gasteiger partial charge in [0, 0.05) is 24.8 Å². The number of aryl methyl sites for hydroxylation is 2. The lowest BCUT2D eigenvalue weighted by molar-refractivity contribution is 0.267. The topological polar surface area (TPSA) is 75.8 Å². The minimum absolute atomic E-state index is 0.483. The Morgan fingerprint density at radius 1 is 1.29 bits per heavy atom. The van der Waals surface area contributed by atoms with Crippen LogP contribution in [0, 0.1) is 13.8 Å². The largest absolute Gasteiger partial charge is 0.439 e. The molecule has 28 heavy (non-hydrogen) atoms. The number of likely N-dealkylation sites (tertiary alicyclic amines) is 1. The van der Waals surface area contributed by atoms with Crippen LogP contribution in [0.1, 0.15) is 36.5 Å². The molecule has 2 heterocycles. The van der Waals surface area contributed by atoms with E-state index in [0.29, 0.717) is 24.4 Å². The first-order chi connectivity index (χ1) is 13.5. The molecule has 1 aromatic heterocycles. The Morgan fingerprint density at radius 3 is 2.93 bits per heavy atom. The highest BCUT2D eigenvalue weighted by molar-refractivity contribution is 5.77. The molecular formula is C22H31N5O. The summed E-state index contributed by atoms with van der Waals surface area (Å²) in [5.74, 6) is 1.83. The molecule has 1 unspecified atom stereocenters. The lowest BCUT2D eigenvalue weighted by Gasteiger charge is -2.23. The van der Waals surface area contributed by atoms with Crippen molar-refractivity contribution in [3.05, 3.63) is 53.2 Å². The van der Waals surface area contributed by atoms with E-state index in [0.717, 1.165) is 24.4 Å². The summed E-state index contributed by atoms with van der Waals surface area (Å²) in [6, 6.07) is 10.4. The number of nitrogens with two attached hydrogens (primary N) is 1. The van der Waals surface area contributed by atoms with E-state index in [1.807, 2.05) is 24.3 Å². The highest BCUT2D eigenvalue weighted by atomic mass is 16.5. The Labute approximate surface area is 167 Å². The standard InChI is InChI=1S/C22H31N5O/c1-4-27-11-5-6-19(27)15-26-22(23)25-14-18-9-10-24-21(13-18)28-20-8-7-16(2)17(3)12-20/h7-10,12-13,19H,4-6,11,14-15H2,1-3H3,(H3,23,25,26). The van der Waals surface area contributed by atoms with Gasteiger partial charge in [0.05, 0.1) is 6.54 Å². The van der Waals surface area contributed by atoms with E-state index in [-0.39, 0.29) is 0 Å². The van der Waals surface area contributed by atoms with E-state index in [1.165, 1.54) is 30.5 Å². The molecule has 1 aliphatic heterocycles. The molecule has 1 saturated heterocycles. The van der Waals surface area contributed by atoms with Crippen LogP contribution in [-0.4, -0.2) is 41.5 Å². The minimum Gasteiger partial charge on any atom is -0.439 e. The van der Waals surface area contributed by atoms with E-state index >= 15 is 0 Å². The normalized spacial score (nSPS) is 17.7. The van der Waals surface area contributed by atoms with E-state index in [1.54, 1.807) is 6.20 Å². The Bertz CT molecular complexity index is 820. The van der Waals surface area contributed by atoms with Gasteiger partial charge in [-0.25, -0.2) is 9.98 Å². The van der Waals surface area contributed by atoms with Gasteiger partial charge in [0.1, 0.15) is 5.75 Å². The molecule has 6 heteroatoms. The molecule has 2 aromatic rings. The summed E-state index contributed by atoms with van der Waals surface area (Å²) >= 11 is 0. The van der Waals surface area contributed by atoms with Crippen molar-refractivity contribution in [3.8, 4) is 11.6 Å². The summed E-state index contributed by atoms with van der Waals surface area (Å²) in [6.45, 7) is 9.97. The molecule has 1 aromatic carbocycles. The zero-order chi connectivity index (χ0) is 19.9. The molecular weight excluding hydrogens is 350 g/mol. The molecule has 0 amide bonds. The number of aliphatic imine (C=N–C) groups is 1. The predicted molar refractivity (Wildman–Crippen MR) is 114 cm³/mol. The number of hydrogen-bond acceptors (Lipinski definition) is 4. The number of benzene rings is 1. The molecule has 1 fully saturated rings. The van der Waals surface area contributed by atoms with Crippen molar-refractivity contribution >= 4 is 5.96 Å². The van der Waals surface area contributed by atoms with Crippen molar-refractivity contribution < 1.29 is 4.74 Å². The fourth-order valence-electron chi connectivity index (χ4n) is 3.50. The third kappa shape index (κ3) is 5.45. The lowest BCUT2D eigenvalue weighted by Crippen LogP contribution is -2.42. The second kappa shape index (κ2) is 9.55. The SMILES string of the molecule is CCN1CCCC1CNC(N)=NCc1ccnc(Oc2ccc(C)c(C)c2)c1. The first-order valence-electron chi connectivity index (χ1n) is 10.0. The van der Waals surface area contributed by atoms with Gasteiger partial charge in [0.2, 0.25) is 5.88 Å². The fraction of sp³-hybridized carbons (Fsp3) is 0.455. The predicted octanol–water partition coefficient (Wildman–Crippen LogP) is 3.38. The van der Waals surface area contributed by atoms with Gasteiger partial charge in [0.25, 0.3) is 0 Å². The molecule has 0 bridgehead atoms. The van der Waals surface area contributed by atoms with Crippen LogP contribution in [0.5, 0.6) is 11.6 Å². The van der Waals surface area contributed by atoms with Gasteiger partial charge < -0.3 is 15.8 Å². The van der Waals surface area contributed by atoms with Crippen LogP contribution in [0.25, 0.3) is 0 Å². The molecule has 3 rings (SSSR count). The first kappa shape index (κ1) is 20.1. The molecule has 0 spiro atoms. The maximum Gasteiger partial charge on any atom is 0.219 e. The number of hydrogen-bond donors (Lipinski definition) is 2. The molecule has 0 aliphatic carbocycles. The zero-order valence-electron chi connectivity index (χ0n) is 17.1. The number of ether oxygens (including phenoxy) is 1. The van der Waals surface area contributed by atoms with Gasteiger partial charge in [-0.05, 0) is 74.7 Å². The van der Waals surface area contributed by atoms with Crippen LogP contribution in [-0.2, 0) is 6.54 Å².